The lowest BCUT2D eigenvalue weighted by atomic mass is 10.1. The molecule has 2 nitrogen and oxygen atoms in total. The van der Waals surface area contributed by atoms with Gasteiger partial charge in [-0.05, 0) is 47.0 Å². The van der Waals surface area contributed by atoms with E-state index in [1.807, 2.05) is 11.4 Å². The molecule has 0 amide bonds. The van der Waals surface area contributed by atoms with E-state index in [9.17, 15) is 4.39 Å². The van der Waals surface area contributed by atoms with Gasteiger partial charge in [-0.15, -0.1) is 23.1 Å². The number of aliphatic imine (C=N–C) groups is 1. The van der Waals surface area contributed by atoms with Crippen LogP contribution in [0.5, 0.6) is 0 Å². The lowest BCUT2D eigenvalue weighted by molar-refractivity contribution is 0.625. The maximum atomic E-state index is 13.9. The number of hydrogen-bond donors (Lipinski definition) is 0. The third-order valence-electron chi connectivity index (χ3n) is 3.41. The van der Waals surface area contributed by atoms with Gasteiger partial charge in [0.2, 0.25) is 0 Å². The summed E-state index contributed by atoms with van der Waals surface area (Å²) in [5, 5.41) is 4.06. The number of hydrogen-bond acceptors (Lipinski definition) is 5. The molecule has 0 radical (unpaired) electrons. The Morgan fingerprint density at radius 3 is 3.15 bits per heavy atom. The minimum absolute atomic E-state index is 0.173. The van der Waals surface area contributed by atoms with Gasteiger partial charge in [0.25, 0.3) is 0 Å². The molecule has 0 bridgehead atoms. The fourth-order valence-electron chi connectivity index (χ4n) is 2.58. The zero-order valence-electron chi connectivity index (χ0n) is 10.7. The van der Waals surface area contributed by atoms with Crippen LogP contribution in [-0.4, -0.2) is 29.4 Å². The Morgan fingerprint density at radius 2 is 2.30 bits per heavy atom. The van der Waals surface area contributed by atoms with Crippen LogP contribution in [0.1, 0.15) is 5.56 Å². The number of thioether (sulfide) groups is 2. The second-order valence-electron chi connectivity index (χ2n) is 4.55. The van der Waals surface area contributed by atoms with Crippen LogP contribution >= 0.6 is 34.9 Å². The predicted molar refractivity (Wildman–Crippen MR) is 88.8 cm³/mol. The van der Waals surface area contributed by atoms with Crippen molar-refractivity contribution < 1.29 is 4.39 Å². The highest BCUT2D eigenvalue weighted by atomic mass is 32.2. The quantitative estimate of drug-likeness (QED) is 0.812. The molecule has 1 aromatic carbocycles. The summed E-state index contributed by atoms with van der Waals surface area (Å²) in [5.41, 5.74) is 2.13. The molecular weight excluding hydrogens is 311 g/mol. The number of halogens is 1. The Bertz CT molecular complexity index is 763. The fraction of sp³-hybridized carbons (Fsp3) is 0.214. The van der Waals surface area contributed by atoms with Crippen molar-refractivity contribution in [3.8, 4) is 0 Å². The van der Waals surface area contributed by atoms with E-state index >= 15 is 0 Å². The number of benzene rings is 1. The first kappa shape index (κ1) is 12.7. The van der Waals surface area contributed by atoms with E-state index in [2.05, 4.69) is 16.1 Å². The standard InChI is InChI=1S/C14H11FN2S3/c1-18-13-11(17-4-3-16-14(17)20-13)10-7-9(15)6-8-2-5-19-12(8)10/h2,5-7H,3-4H2,1H3. The Kier molecular flexibility index (Phi) is 3.05. The first-order valence-corrected chi connectivity index (χ1v) is 9.15. The lowest BCUT2D eigenvalue weighted by Gasteiger charge is -2.17. The molecule has 0 spiro atoms. The maximum absolute atomic E-state index is 13.9. The van der Waals surface area contributed by atoms with E-state index in [1.165, 1.54) is 4.24 Å². The molecule has 2 aliphatic heterocycles. The van der Waals surface area contributed by atoms with Crippen molar-refractivity contribution in [2.45, 2.75) is 0 Å². The molecule has 0 atom stereocenters. The maximum Gasteiger partial charge on any atom is 0.169 e. The third-order valence-corrected chi connectivity index (χ3v) is 6.59. The normalized spacial score (nSPS) is 18.1. The summed E-state index contributed by atoms with van der Waals surface area (Å²) in [4.78, 5) is 6.75. The van der Waals surface area contributed by atoms with Crippen molar-refractivity contribution >= 4 is 55.8 Å². The van der Waals surface area contributed by atoms with E-state index in [4.69, 9.17) is 0 Å². The van der Waals surface area contributed by atoms with Gasteiger partial charge in [0.1, 0.15) is 5.82 Å². The zero-order chi connectivity index (χ0) is 13.7. The van der Waals surface area contributed by atoms with E-state index < -0.39 is 0 Å². The van der Waals surface area contributed by atoms with Gasteiger partial charge < -0.3 is 4.90 Å². The van der Waals surface area contributed by atoms with Crippen LogP contribution in [-0.2, 0) is 0 Å². The molecule has 102 valence electrons. The van der Waals surface area contributed by atoms with Crippen molar-refractivity contribution in [2.75, 3.05) is 19.3 Å². The van der Waals surface area contributed by atoms with Crippen molar-refractivity contribution in [3.05, 3.63) is 39.2 Å². The highest BCUT2D eigenvalue weighted by Crippen LogP contribution is 2.48. The van der Waals surface area contributed by atoms with Crippen LogP contribution in [0.25, 0.3) is 15.8 Å². The van der Waals surface area contributed by atoms with Gasteiger partial charge in [-0.1, -0.05) is 0 Å². The Morgan fingerprint density at radius 1 is 1.40 bits per heavy atom. The van der Waals surface area contributed by atoms with Crippen LogP contribution in [0.2, 0.25) is 0 Å². The van der Waals surface area contributed by atoms with Gasteiger partial charge >= 0.3 is 0 Å². The van der Waals surface area contributed by atoms with Crippen LogP contribution in [0.15, 0.2) is 32.8 Å². The highest BCUT2D eigenvalue weighted by Gasteiger charge is 2.33. The predicted octanol–water partition coefficient (Wildman–Crippen LogP) is 4.45. The van der Waals surface area contributed by atoms with Gasteiger partial charge in [0.15, 0.2) is 5.17 Å². The van der Waals surface area contributed by atoms with Crippen molar-refractivity contribution in [1.29, 1.82) is 0 Å². The summed E-state index contributed by atoms with van der Waals surface area (Å²) in [6.07, 6.45) is 2.07. The first-order valence-electron chi connectivity index (χ1n) is 6.23. The minimum atomic E-state index is -0.173. The largest absolute Gasteiger partial charge is 0.317 e. The summed E-state index contributed by atoms with van der Waals surface area (Å²) in [5.74, 6) is -0.173. The number of thiophene rings is 1. The lowest BCUT2D eigenvalue weighted by Crippen LogP contribution is -2.20. The van der Waals surface area contributed by atoms with E-state index in [1.54, 1.807) is 47.0 Å². The smallest absolute Gasteiger partial charge is 0.169 e. The van der Waals surface area contributed by atoms with Gasteiger partial charge in [0, 0.05) is 16.8 Å². The van der Waals surface area contributed by atoms with E-state index in [0.717, 1.165) is 39.6 Å². The van der Waals surface area contributed by atoms with E-state index in [0.29, 0.717) is 0 Å². The second-order valence-corrected chi connectivity index (χ2v) is 7.52. The van der Waals surface area contributed by atoms with Gasteiger partial charge in [-0.3, -0.25) is 4.99 Å². The number of nitrogens with zero attached hydrogens (tertiary/aromatic N) is 2. The van der Waals surface area contributed by atoms with Crippen LogP contribution in [0, 0.1) is 5.82 Å². The van der Waals surface area contributed by atoms with Gasteiger partial charge in [-0.25, -0.2) is 4.39 Å². The minimum Gasteiger partial charge on any atom is -0.317 e. The summed E-state index contributed by atoms with van der Waals surface area (Å²) in [7, 11) is 0. The number of fused-ring (bicyclic) bond motifs is 2. The summed E-state index contributed by atoms with van der Waals surface area (Å²) < 4.78 is 16.3. The number of rotatable bonds is 2. The molecule has 0 fully saturated rings. The van der Waals surface area contributed by atoms with Gasteiger partial charge in [-0.2, -0.15) is 0 Å². The van der Waals surface area contributed by atoms with Crippen LogP contribution in [0.4, 0.5) is 4.39 Å². The third kappa shape index (κ3) is 1.82. The van der Waals surface area contributed by atoms with Crippen molar-refractivity contribution in [2.24, 2.45) is 4.99 Å². The molecule has 3 heterocycles. The molecule has 6 heteroatoms. The topological polar surface area (TPSA) is 15.6 Å². The molecule has 4 rings (SSSR count). The molecular formula is C14H11FN2S3. The van der Waals surface area contributed by atoms with Crippen molar-refractivity contribution in [1.82, 2.24) is 4.90 Å². The highest BCUT2D eigenvalue weighted by molar-refractivity contribution is 8.30. The zero-order valence-corrected chi connectivity index (χ0v) is 13.2. The monoisotopic (exact) mass is 322 g/mol. The fourth-order valence-corrected chi connectivity index (χ4v) is 5.38. The average molecular weight is 322 g/mol. The molecule has 20 heavy (non-hydrogen) atoms. The van der Waals surface area contributed by atoms with Gasteiger partial charge in [0.05, 0.1) is 16.5 Å². The summed E-state index contributed by atoms with van der Waals surface area (Å²) >= 11 is 5.08. The molecule has 0 unspecified atom stereocenters. The Hall–Kier alpha value is -0.980. The van der Waals surface area contributed by atoms with Crippen LogP contribution < -0.4 is 0 Å². The molecule has 0 saturated carbocycles. The summed E-state index contributed by atoms with van der Waals surface area (Å²) in [6, 6.07) is 5.24. The molecule has 0 N–H and O–H groups in total. The molecule has 0 saturated heterocycles. The molecule has 1 aromatic heterocycles. The molecule has 0 aliphatic carbocycles. The van der Waals surface area contributed by atoms with Crippen LogP contribution in [0.3, 0.4) is 0 Å². The van der Waals surface area contributed by atoms with Crippen molar-refractivity contribution in [3.63, 3.8) is 0 Å². The second kappa shape index (κ2) is 4.79. The Balaban J connectivity index is 1.97. The molecule has 2 aromatic rings. The molecule has 2 aliphatic rings. The first-order chi connectivity index (χ1) is 9.78. The Labute approximate surface area is 128 Å². The van der Waals surface area contributed by atoms with E-state index in [-0.39, 0.29) is 5.82 Å². The average Bonchev–Trinajstić information content (AvgIpc) is 3.11. The summed E-state index contributed by atoms with van der Waals surface area (Å²) in [6.45, 7) is 1.72. The SMILES string of the molecule is CSC1=C(c2cc(F)cc3ccsc23)N2CCN=C2S1. The number of amidine groups is 1.